The molecule has 0 aliphatic rings. The lowest BCUT2D eigenvalue weighted by atomic mass is 10.2. The molecule has 2 aromatic rings. The van der Waals surface area contributed by atoms with Crippen LogP contribution in [-0.4, -0.2) is 12.5 Å². The van der Waals surface area contributed by atoms with Crippen molar-refractivity contribution in [1.29, 1.82) is 5.26 Å². The molecule has 1 N–H and O–H groups in total. The summed E-state index contributed by atoms with van der Waals surface area (Å²) in [6.45, 7) is -0.359. The number of halogens is 2. The molecule has 0 bridgehead atoms. The molecule has 0 aliphatic carbocycles. The largest absolute Gasteiger partial charge is 0.484 e. The number of amides is 1. The number of nitriles is 1. The van der Waals surface area contributed by atoms with E-state index in [9.17, 15) is 13.6 Å². The average Bonchev–Trinajstić information content (AvgIpc) is 2.48. The fraction of sp³-hybridized carbons (Fsp3) is 0.0667. The Morgan fingerprint density at radius 3 is 2.71 bits per heavy atom. The first-order chi connectivity index (χ1) is 10.1. The fourth-order valence-electron chi connectivity index (χ4n) is 1.58. The Bertz CT molecular complexity index is 711. The van der Waals surface area contributed by atoms with Crippen LogP contribution in [0.2, 0.25) is 0 Å². The minimum Gasteiger partial charge on any atom is -0.484 e. The summed E-state index contributed by atoms with van der Waals surface area (Å²) < 4.78 is 30.7. The summed E-state index contributed by atoms with van der Waals surface area (Å²) in [5.74, 6) is -2.46. The fourth-order valence-corrected chi connectivity index (χ4v) is 1.58. The molecule has 21 heavy (non-hydrogen) atoms. The highest BCUT2D eigenvalue weighted by Crippen LogP contribution is 2.15. The van der Waals surface area contributed by atoms with Gasteiger partial charge in [0.05, 0.1) is 11.6 Å². The molecule has 2 aromatic carbocycles. The summed E-state index contributed by atoms with van der Waals surface area (Å²) in [6.07, 6.45) is 0. The molecule has 0 spiro atoms. The standard InChI is InChI=1S/C15H10F2N2O2/c16-13-5-4-12(7-14(13)17)21-9-15(20)19-11-3-1-2-10(6-11)8-18/h1-7H,9H2,(H,19,20). The molecule has 4 nitrogen and oxygen atoms in total. The lowest BCUT2D eigenvalue weighted by Gasteiger charge is -2.08. The number of carbonyl (C=O) groups is 1. The van der Waals surface area contributed by atoms with Crippen molar-refractivity contribution in [3.8, 4) is 11.8 Å². The molecular weight excluding hydrogens is 278 g/mol. The molecule has 6 heteroatoms. The maximum absolute atomic E-state index is 12.9. The molecule has 0 unspecified atom stereocenters. The molecule has 1 amide bonds. The monoisotopic (exact) mass is 288 g/mol. The zero-order valence-corrected chi connectivity index (χ0v) is 10.8. The van der Waals surface area contributed by atoms with Gasteiger partial charge in [-0.3, -0.25) is 4.79 Å². The first-order valence-electron chi connectivity index (χ1n) is 5.96. The first-order valence-corrected chi connectivity index (χ1v) is 5.96. The second-order valence-corrected chi connectivity index (χ2v) is 4.11. The number of hydrogen-bond donors (Lipinski definition) is 1. The second kappa shape index (κ2) is 6.48. The molecule has 0 atom stereocenters. The molecule has 2 rings (SSSR count). The summed E-state index contributed by atoms with van der Waals surface area (Å²) in [7, 11) is 0. The van der Waals surface area contributed by atoms with Gasteiger partial charge in [0.1, 0.15) is 5.75 Å². The van der Waals surface area contributed by atoms with Gasteiger partial charge < -0.3 is 10.1 Å². The molecular formula is C15H10F2N2O2. The smallest absolute Gasteiger partial charge is 0.262 e. The minimum absolute atomic E-state index is 0.0508. The van der Waals surface area contributed by atoms with E-state index in [1.54, 1.807) is 18.2 Å². The third kappa shape index (κ3) is 4.01. The third-order valence-corrected chi connectivity index (χ3v) is 2.54. The van der Waals surface area contributed by atoms with Gasteiger partial charge in [-0.1, -0.05) is 6.07 Å². The van der Waals surface area contributed by atoms with Crippen LogP contribution in [-0.2, 0) is 4.79 Å². The van der Waals surface area contributed by atoms with Gasteiger partial charge in [0.15, 0.2) is 18.2 Å². The minimum atomic E-state index is -1.05. The van der Waals surface area contributed by atoms with Crippen LogP contribution in [0.4, 0.5) is 14.5 Å². The van der Waals surface area contributed by atoms with E-state index in [4.69, 9.17) is 10.00 Å². The van der Waals surface area contributed by atoms with E-state index in [1.807, 2.05) is 6.07 Å². The molecule has 0 aromatic heterocycles. The molecule has 0 radical (unpaired) electrons. The Hall–Kier alpha value is -2.94. The van der Waals surface area contributed by atoms with E-state index in [0.29, 0.717) is 11.3 Å². The van der Waals surface area contributed by atoms with E-state index in [0.717, 1.165) is 12.1 Å². The predicted octanol–water partition coefficient (Wildman–Crippen LogP) is 2.85. The number of carbonyl (C=O) groups excluding carboxylic acids is 1. The van der Waals surface area contributed by atoms with Crippen molar-refractivity contribution in [2.45, 2.75) is 0 Å². The van der Waals surface area contributed by atoms with Gasteiger partial charge in [0, 0.05) is 11.8 Å². The maximum atomic E-state index is 12.9. The highest BCUT2D eigenvalue weighted by molar-refractivity contribution is 5.92. The van der Waals surface area contributed by atoms with Crippen molar-refractivity contribution >= 4 is 11.6 Å². The van der Waals surface area contributed by atoms with Crippen molar-refractivity contribution in [2.24, 2.45) is 0 Å². The van der Waals surface area contributed by atoms with Crippen molar-refractivity contribution in [2.75, 3.05) is 11.9 Å². The SMILES string of the molecule is N#Cc1cccc(NC(=O)COc2ccc(F)c(F)c2)c1. The maximum Gasteiger partial charge on any atom is 0.262 e. The van der Waals surface area contributed by atoms with Crippen LogP contribution in [0.3, 0.4) is 0 Å². The van der Waals surface area contributed by atoms with E-state index < -0.39 is 17.5 Å². The molecule has 0 fully saturated rings. The Labute approximate surface area is 119 Å². The van der Waals surface area contributed by atoms with Crippen molar-refractivity contribution < 1.29 is 18.3 Å². The summed E-state index contributed by atoms with van der Waals surface area (Å²) in [6, 6.07) is 11.3. The number of benzene rings is 2. The summed E-state index contributed by atoms with van der Waals surface area (Å²) in [5.41, 5.74) is 0.863. The van der Waals surface area contributed by atoms with Gasteiger partial charge in [-0.15, -0.1) is 0 Å². The highest BCUT2D eigenvalue weighted by Gasteiger charge is 2.07. The van der Waals surface area contributed by atoms with Gasteiger partial charge in [-0.25, -0.2) is 8.78 Å². The number of rotatable bonds is 4. The van der Waals surface area contributed by atoms with Crippen LogP contribution in [0.5, 0.6) is 5.75 Å². The van der Waals surface area contributed by atoms with Crippen LogP contribution in [0.1, 0.15) is 5.56 Å². The first kappa shape index (κ1) is 14.5. The zero-order chi connectivity index (χ0) is 15.2. The van der Waals surface area contributed by atoms with E-state index >= 15 is 0 Å². The summed E-state index contributed by atoms with van der Waals surface area (Å²) >= 11 is 0. The Kier molecular flexibility index (Phi) is 4.46. The Morgan fingerprint density at radius 2 is 2.00 bits per heavy atom. The van der Waals surface area contributed by atoms with Gasteiger partial charge in [-0.2, -0.15) is 5.26 Å². The van der Waals surface area contributed by atoms with Crippen molar-refractivity contribution in [1.82, 2.24) is 0 Å². The van der Waals surface area contributed by atoms with E-state index in [-0.39, 0.29) is 12.4 Å². The predicted molar refractivity (Wildman–Crippen MR) is 71.6 cm³/mol. The van der Waals surface area contributed by atoms with Crippen molar-refractivity contribution in [3.05, 3.63) is 59.7 Å². The molecule has 106 valence electrons. The quantitative estimate of drug-likeness (QED) is 0.941. The number of ether oxygens (including phenoxy) is 1. The van der Waals surface area contributed by atoms with E-state index in [2.05, 4.69) is 5.32 Å². The van der Waals surface area contributed by atoms with Gasteiger partial charge >= 0.3 is 0 Å². The van der Waals surface area contributed by atoms with Crippen LogP contribution in [0.25, 0.3) is 0 Å². The van der Waals surface area contributed by atoms with Crippen LogP contribution < -0.4 is 10.1 Å². The van der Waals surface area contributed by atoms with Gasteiger partial charge in [0.2, 0.25) is 0 Å². The molecule has 0 aliphatic heterocycles. The number of hydrogen-bond acceptors (Lipinski definition) is 3. The van der Waals surface area contributed by atoms with Crippen LogP contribution in [0.15, 0.2) is 42.5 Å². The van der Waals surface area contributed by atoms with Crippen LogP contribution in [0, 0.1) is 23.0 Å². The average molecular weight is 288 g/mol. The molecule has 0 saturated carbocycles. The van der Waals surface area contributed by atoms with E-state index in [1.165, 1.54) is 12.1 Å². The van der Waals surface area contributed by atoms with Gasteiger partial charge in [-0.05, 0) is 30.3 Å². The highest BCUT2D eigenvalue weighted by atomic mass is 19.2. The zero-order valence-electron chi connectivity index (χ0n) is 10.8. The third-order valence-electron chi connectivity index (χ3n) is 2.54. The molecule has 0 heterocycles. The van der Waals surface area contributed by atoms with Gasteiger partial charge in [0.25, 0.3) is 5.91 Å². The molecule has 0 saturated heterocycles. The lowest BCUT2D eigenvalue weighted by Crippen LogP contribution is -2.20. The topological polar surface area (TPSA) is 62.1 Å². The lowest BCUT2D eigenvalue weighted by molar-refractivity contribution is -0.118. The Balaban J connectivity index is 1.92. The normalized spacial score (nSPS) is 9.76. The summed E-state index contributed by atoms with van der Waals surface area (Å²) in [5, 5.41) is 11.3. The Morgan fingerprint density at radius 1 is 1.19 bits per heavy atom. The number of anilines is 1. The summed E-state index contributed by atoms with van der Waals surface area (Å²) in [4.78, 5) is 11.7. The number of nitrogens with zero attached hydrogens (tertiary/aromatic N) is 1. The second-order valence-electron chi connectivity index (χ2n) is 4.11. The number of nitrogens with one attached hydrogen (secondary N) is 1. The van der Waals surface area contributed by atoms with Crippen molar-refractivity contribution in [3.63, 3.8) is 0 Å². The van der Waals surface area contributed by atoms with Crippen LogP contribution >= 0.6 is 0 Å².